The zero-order chi connectivity index (χ0) is 20.1. The summed E-state index contributed by atoms with van der Waals surface area (Å²) in [5, 5.41) is 0. The van der Waals surface area contributed by atoms with Crippen LogP contribution >= 0.6 is 0 Å². The molecule has 1 heterocycles. The molecule has 27 heavy (non-hydrogen) atoms. The van der Waals surface area contributed by atoms with Gasteiger partial charge in [0.1, 0.15) is 38.1 Å². The minimum Gasteiger partial charge on any atom is -0.445 e. The van der Waals surface area contributed by atoms with Gasteiger partial charge >= 0.3 is 17.1 Å². The van der Waals surface area contributed by atoms with Crippen LogP contribution in [0.5, 0.6) is 0 Å². The summed E-state index contributed by atoms with van der Waals surface area (Å²) >= 11 is 0. The molecule has 0 bridgehead atoms. The molecule has 0 amide bonds. The number of nitrogens with zero attached hydrogens (tertiary/aromatic N) is 3. The van der Waals surface area contributed by atoms with E-state index < -0.39 is 17.1 Å². The zero-order valence-electron chi connectivity index (χ0n) is 15.5. The molecule has 0 atom stereocenters. The molecule has 0 aromatic carbocycles. The number of hydrogen-bond acceptors (Lipinski definition) is 6. The van der Waals surface area contributed by atoms with E-state index in [1.165, 1.54) is 0 Å². The lowest BCUT2D eigenvalue weighted by atomic mass is 10.5. The van der Waals surface area contributed by atoms with Gasteiger partial charge in [0.25, 0.3) is 0 Å². The van der Waals surface area contributed by atoms with Gasteiger partial charge < -0.3 is 14.2 Å². The fourth-order valence-electron chi connectivity index (χ4n) is 2.04. The summed E-state index contributed by atoms with van der Waals surface area (Å²) in [5.41, 5.74) is -2.26. The van der Waals surface area contributed by atoms with Crippen molar-refractivity contribution < 1.29 is 14.2 Å². The van der Waals surface area contributed by atoms with Crippen molar-refractivity contribution in [1.82, 2.24) is 13.7 Å². The Bertz CT molecular complexity index is 824. The van der Waals surface area contributed by atoms with Crippen LogP contribution in [0, 0.1) is 36.1 Å². The second-order valence-corrected chi connectivity index (χ2v) is 4.90. The minimum absolute atomic E-state index is 0.0177. The lowest BCUT2D eigenvalue weighted by molar-refractivity contribution is 0.228. The van der Waals surface area contributed by atoms with E-state index in [0.717, 1.165) is 13.7 Å². The monoisotopic (exact) mass is 375 g/mol. The largest absolute Gasteiger partial charge is 0.445 e. The third-order valence-corrected chi connectivity index (χ3v) is 3.16. The molecule has 9 nitrogen and oxygen atoms in total. The van der Waals surface area contributed by atoms with E-state index in [-0.39, 0.29) is 39.5 Å². The van der Waals surface area contributed by atoms with Crippen LogP contribution in [0.3, 0.4) is 0 Å². The van der Waals surface area contributed by atoms with Gasteiger partial charge in [0, 0.05) is 20.8 Å². The molecular weight excluding hydrogens is 354 g/mol. The molecule has 144 valence electrons. The predicted molar refractivity (Wildman–Crippen MR) is 97.4 cm³/mol. The van der Waals surface area contributed by atoms with E-state index in [2.05, 4.69) is 36.1 Å². The fourth-order valence-corrected chi connectivity index (χ4v) is 2.04. The number of hydrogen-bond donors (Lipinski definition) is 0. The minimum atomic E-state index is -0.753. The standard InChI is InChI=1S/C18H21N3O6/c1-4-10-25-13-7-19-16(22)20(8-14-26-11-5-2)18(24)21(17(19)23)9-15-27-12-6-3/h7-9,13-15H2,1-3H3. The van der Waals surface area contributed by atoms with Crippen molar-refractivity contribution in [2.75, 3.05) is 19.8 Å². The molecule has 1 rings (SSSR count). The van der Waals surface area contributed by atoms with E-state index in [1.54, 1.807) is 20.8 Å². The summed E-state index contributed by atoms with van der Waals surface area (Å²) in [7, 11) is 0. The first kappa shape index (κ1) is 21.5. The average Bonchev–Trinajstić information content (AvgIpc) is 2.66. The molecule has 0 spiro atoms. The van der Waals surface area contributed by atoms with Crippen molar-refractivity contribution in [3.8, 4) is 36.1 Å². The molecule has 0 unspecified atom stereocenters. The lowest BCUT2D eigenvalue weighted by Gasteiger charge is -2.13. The third-order valence-electron chi connectivity index (χ3n) is 3.16. The van der Waals surface area contributed by atoms with Gasteiger partial charge in [0.15, 0.2) is 0 Å². The molecule has 1 aromatic rings. The first-order chi connectivity index (χ1) is 13.1. The Hall–Kier alpha value is -3.51. The highest BCUT2D eigenvalue weighted by atomic mass is 16.5. The first-order valence-electron chi connectivity index (χ1n) is 8.13. The van der Waals surface area contributed by atoms with Crippen molar-refractivity contribution in [2.45, 2.75) is 40.4 Å². The molecule has 1 aromatic heterocycles. The van der Waals surface area contributed by atoms with Gasteiger partial charge in [-0.15, -0.1) is 0 Å². The molecule has 0 aliphatic heterocycles. The highest BCUT2D eigenvalue weighted by Gasteiger charge is 2.15. The average molecular weight is 375 g/mol. The third kappa shape index (κ3) is 6.37. The van der Waals surface area contributed by atoms with Gasteiger partial charge in [-0.05, 0) is 0 Å². The second kappa shape index (κ2) is 11.9. The molecule has 9 heteroatoms. The summed E-state index contributed by atoms with van der Waals surface area (Å²) < 4.78 is 17.7. The van der Waals surface area contributed by atoms with Crippen molar-refractivity contribution in [2.24, 2.45) is 0 Å². The van der Waals surface area contributed by atoms with Crippen LogP contribution in [0.15, 0.2) is 14.4 Å². The van der Waals surface area contributed by atoms with E-state index in [4.69, 9.17) is 14.2 Å². The second-order valence-electron chi connectivity index (χ2n) is 4.90. The van der Waals surface area contributed by atoms with E-state index in [1.807, 2.05) is 0 Å². The maximum absolute atomic E-state index is 12.5. The molecular formula is C18H21N3O6. The van der Waals surface area contributed by atoms with Gasteiger partial charge in [-0.25, -0.2) is 28.1 Å². The SMILES string of the molecule is CC#COCCn1c(=O)n(CCOC#CC)c(=O)n(CCOC#CC)c1=O. The van der Waals surface area contributed by atoms with Crippen LogP contribution in [0.2, 0.25) is 0 Å². The van der Waals surface area contributed by atoms with Crippen LogP contribution in [0.25, 0.3) is 0 Å². The molecule has 0 aliphatic rings. The predicted octanol–water partition coefficient (Wildman–Crippen LogP) is -0.836. The maximum atomic E-state index is 12.5. The van der Waals surface area contributed by atoms with Crippen LogP contribution in [-0.4, -0.2) is 33.5 Å². The molecule has 0 aliphatic carbocycles. The fraction of sp³-hybridized carbons (Fsp3) is 0.500. The Labute approximate surface area is 156 Å². The lowest BCUT2D eigenvalue weighted by Crippen LogP contribution is -2.55. The molecule has 0 radical (unpaired) electrons. The Morgan fingerprint density at radius 1 is 0.593 bits per heavy atom. The quantitative estimate of drug-likeness (QED) is 0.413. The Morgan fingerprint density at radius 3 is 1.07 bits per heavy atom. The Kier molecular flexibility index (Phi) is 9.52. The van der Waals surface area contributed by atoms with Crippen molar-refractivity contribution >= 4 is 0 Å². The van der Waals surface area contributed by atoms with Gasteiger partial charge in [-0.1, -0.05) is 17.8 Å². The van der Waals surface area contributed by atoms with Gasteiger partial charge in [-0.3, -0.25) is 0 Å². The normalized spacial score (nSPS) is 9.00. The van der Waals surface area contributed by atoms with E-state index >= 15 is 0 Å². The Balaban J connectivity index is 3.23. The smallest absolute Gasteiger partial charge is 0.336 e. The molecule has 0 N–H and O–H groups in total. The number of rotatable bonds is 9. The number of ether oxygens (including phenoxy) is 3. The maximum Gasteiger partial charge on any atom is 0.336 e. The molecule has 0 saturated heterocycles. The summed E-state index contributed by atoms with van der Waals surface area (Å²) in [6.07, 6.45) is 7.14. The summed E-state index contributed by atoms with van der Waals surface area (Å²) in [5.74, 6) is 7.61. The van der Waals surface area contributed by atoms with Crippen molar-refractivity contribution in [1.29, 1.82) is 0 Å². The summed E-state index contributed by atoms with van der Waals surface area (Å²) in [6, 6.07) is 0. The number of aromatic nitrogens is 3. The Morgan fingerprint density at radius 2 is 0.852 bits per heavy atom. The topological polar surface area (TPSA) is 93.7 Å². The zero-order valence-corrected chi connectivity index (χ0v) is 15.5. The van der Waals surface area contributed by atoms with Crippen LogP contribution in [0.4, 0.5) is 0 Å². The first-order valence-corrected chi connectivity index (χ1v) is 8.13. The summed E-state index contributed by atoms with van der Waals surface area (Å²) in [4.78, 5) is 37.6. The van der Waals surface area contributed by atoms with Gasteiger partial charge in [0.05, 0.1) is 19.6 Å². The van der Waals surface area contributed by atoms with E-state index in [0.29, 0.717) is 0 Å². The summed E-state index contributed by atoms with van der Waals surface area (Å²) in [6.45, 7) is 4.66. The highest BCUT2D eigenvalue weighted by molar-refractivity contribution is 4.87. The van der Waals surface area contributed by atoms with Crippen LogP contribution in [-0.2, 0) is 33.8 Å². The molecule has 0 fully saturated rings. The highest BCUT2D eigenvalue weighted by Crippen LogP contribution is 1.83. The molecule has 0 saturated carbocycles. The van der Waals surface area contributed by atoms with Gasteiger partial charge in [-0.2, -0.15) is 0 Å². The van der Waals surface area contributed by atoms with Gasteiger partial charge in [0.2, 0.25) is 0 Å². The van der Waals surface area contributed by atoms with E-state index in [9.17, 15) is 14.4 Å². The van der Waals surface area contributed by atoms with Crippen molar-refractivity contribution in [3.05, 3.63) is 31.5 Å². The van der Waals surface area contributed by atoms with Crippen LogP contribution in [0.1, 0.15) is 20.8 Å². The van der Waals surface area contributed by atoms with Crippen molar-refractivity contribution in [3.63, 3.8) is 0 Å². The van der Waals surface area contributed by atoms with Crippen LogP contribution < -0.4 is 17.1 Å².